The minimum atomic E-state index is -0.532. The van der Waals surface area contributed by atoms with Crippen molar-refractivity contribution in [2.75, 3.05) is 0 Å². The average molecular weight is 312 g/mol. The smallest absolute Gasteiger partial charge is 0.241 e. The molecule has 4 nitrogen and oxygen atoms in total. The van der Waals surface area contributed by atoms with E-state index < -0.39 is 5.91 Å². The fourth-order valence-electron chi connectivity index (χ4n) is 1.45. The summed E-state index contributed by atoms with van der Waals surface area (Å²) in [5.74, 6) is 1.19. The van der Waals surface area contributed by atoms with Crippen molar-refractivity contribution in [3.05, 3.63) is 58.0 Å². The van der Waals surface area contributed by atoms with Gasteiger partial charge in [0.05, 0.1) is 10.0 Å². The van der Waals surface area contributed by atoms with Crippen LogP contribution in [0.1, 0.15) is 11.5 Å². The highest BCUT2D eigenvalue weighted by Gasteiger charge is 2.03. The van der Waals surface area contributed by atoms with Crippen molar-refractivity contribution in [1.82, 2.24) is 0 Å². The zero-order chi connectivity index (χ0) is 14.5. The van der Waals surface area contributed by atoms with Gasteiger partial charge in [-0.2, -0.15) is 0 Å². The first-order valence-corrected chi connectivity index (χ1v) is 6.44. The lowest BCUT2D eigenvalue weighted by Gasteiger charge is -2.05. The van der Waals surface area contributed by atoms with E-state index in [1.807, 2.05) is 0 Å². The number of halogens is 2. The number of nitrogens with two attached hydrogens (primary N) is 1. The van der Waals surface area contributed by atoms with E-state index in [4.69, 9.17) is 38.1 Å². The summed E-state index contributed by atoms with van der Waals surface area (Å²) < 4.78 is 10.9. The van der Waals surface area contributed by atoms with E-state index in [2.05, 4.69) is 0 Å². The van der Waals surface area contributed by atoms with E-state index in [0.29, 0.717) is 27.3 Å². The van der Waals surface area contributed by atoms with Gasteiger partial charge in [0.15, 0.2) is 0 Å². The first-order valence-electron chi connectivity index (χ1n) is 5.68. The van der Waals surface area contributed by atoms with Crippen molar-refractivity contribution in [3.8, 4) is 5.75 Å². The molecule has 2 rings (SSSR count). The standard InChI is InChI=1S/C14H11Cl2NO3/c15-12-5-3-10(7-13(12)16)19-8-11-2-1-9(20-11)4-6-14(17)18/h1-7H,8H2,(H2,17,18)/b6-4+. The number of ether oxygens (including phenoxy) is 1. The monoisotopic (exact) mass is 311 g/mol. The van der Waals surface area contributed by atoms with Crippen LogP contribution in [0.5, 0.6) is 5.75 Å². The summed E-state index contributed by atoms with van der Waals surface area (Å²) in [5.41, 5.74) is 4.99. The second-order valence-corrected chi connectivity index (χ2v) is 4.72. The number of rotatable bonds is 5. The molecule has 0 spiro atoms. The molecule has 0 atom stereocenters. The van der Waals surface area contributed by atoms with Crippen molar-refractivity contribution in [1.29, 1.82) is 0 Å². The number of carbonyl (C=O) groups is 1. The van der Waals surface area contributed by atoms with Crippen LogP contribution in [0, 0.1) is 0 Å². The summed E-state index contributed by atoms with van der Waals surface area (Å²) in [5, 5.41) is 0.893. The zero-order valence-corrected chi connectivity index (χ0v) is 11.8. The van der Waals surface area contributed by atoms with Gasteiger partial charge < -0.3 is 14.9 Å². The Balaban J connectivity index is 1.97. The van der Waals surface area contributed by atoms with E-state index in [1.165, 1.54) is 12.2 Å². The molecular formula is C14H11Cl2NO3. The van der Waals surface area contributed by atoms with Crippen molar-refractivity contribution in [3.63, 3.8) is 0 Å². The number of primary amides is 1. The summed E-state index contributed by atoms with van der Waals surface area (Å²) in [6, 6.07) is 8.46. The fourth-order valence-corrected chi connectivity index (χ4v) is 1.74. The van der Waals surface area contributed by atoms with Gasteiger partial charge in [0.25, 0.3) is 0 Å². The molecule has 0 unspecified atom stereocenters. The van der Waals surface area contributed by atoms with Crippen LogP contribution in [-0.2, 0) is 11.4 Å². The molecule has 2 aromatic rings. The lowest BCUT2D eigenvalue weighted by atomic mass is 10.3. The Morgan fingerprint density at radius 2 is 2.05 bits per heavy atom. The molecule has 0 fully saturated rings. The second kappa shape index (κ2) is 6.50. The Morgan fingerprint density at radius 1 is 1.25 bits per heavy atom. The topological polar surface area (TPSA) is 65.5 Å². The van der Waals surface area contributed by atoms with Crippen LogP contribution in [0.2, 0.25) is 10.0 Å². The molecule has 0 saturated heterocycles. The molecule has 0 aliphatic heterocycles. The lowest BCUT2D eigenvalue weighted by Crippen LogP contribution is -2.04. The maximum absolute atomic E-state index is 10.6. The quantitative estimate of drug-likeness (QED) is 0.857. The molecule has 20 heavy (non-hydrogen) atoms. The van der Waals surface area contributed by atoms with Crippen LogP contribution in [0.25, 0.3) is 6.08 Å². The number of furan rings is 1. The Hall–Kier alpha value is -1.91. The molecule has 1 heterocycles. The van der Waals surface area contributed by atoms with Crippen molar-refractivity contribution in [2.45, 2.75) is 6.61 Å². The Morgan fingerprint density at radius 3 is 2.75 bits per heavy atom. The first kappa shape index (κ1) is 14.5. The Labute approximate surface area is 125 Å². The maximum Gasteiger partial charge on any atom is 0.241 e. The van der Waals surface area contributed by atoms with Crippen LogP contribution in [-0.4, -0.2) is 5.91 Å². The van der Waals surface area contributed by atoms with Gasteiger partial charge in [-0.3, -0.25) is 4.79 Å². The van der Waals surface area contributed by atoms with Crippen molar-refractivity contribution < 1.29 is 13.9 Å². The highest BCUT2D eigenvalue weighted by atomic mass is 35.5. The second-order valence-electron chi connectivity index (χ2n) is 3.90. The molecule has 0 saturated carbocycles. The summed E-state index contributed by atoms with van der Waals surface area (Å²) in [6.07, 6.45) is 2.72. The summed E-state index contributed by atoms with van der Waals surface area (Å²) in [6.45, 7) is 0.238. The van der Waals surface area contributed by atoms with Gasteiger partial charge in [-0.05, 0) is 30.3 Å². The maximum atomic E-state index is 10.6. The molecule has 0 aliphatic carbocycles. The Bertz CT molecular complexity index is 650. The predicted octanol–water partition coefficient (Wildman–Crippen LogP) is 3.66. The fraction of sp³-hybridized carbons (Fsp3) is 0.0714. The lowest BCUT2D eigenvalue weighted by molar-refractivity contribution is -0.113. The van der Waals surface area contributed by atoms with Gasteiger partial charge in [0.1, 0.15) is 23.9 Å². The van der Waals surface area contributed by atoms with Crippen LogP contribution < -0.4 is 10.5 Å². The zero-order valence-electron chi connectivity index (χ0n) is 10.3. The molecular weight excluding hydrogens is 301 g/mol. The number of carbonyl (C=O) groups excluding carboxylic acids is 1. The molecule has 2 N–H and O–H groups in total. The highest BCUT2D eigenvalue weighted by molar-refractivity contribution is 6.42. The third kappa shape index (κ3) is 4.05. The summed E-state index contributed by atoms with van der Waals surface area (Å²) >= 11 is 11.7. The van der Waals surface area contributed by atoms with Crippen LogP contribution in [0.15, 0.2) is 40.8 Å². The minimum Gasteiger partial charge on any atom is -0.486 e. The molecule has 1 aromatic heterocycles. The molecule has 104 valence electrons. The van der Waals surface area contributed by atoms with E-state index in [-0.39, 0.29) is 6.61 Å². The minimum absolute atomic E-state index is 0.238. The molecule has 0 aliphatic rings. The molecule has 1 amide bonds. The number of hydrogen-bond donors (Lipinski definition) is 1. The Kier molecular flexibility index (Phi) is 4.71. The van der Waals surface area contributed by atoms with Gasteiger partial charge in [0.2, 0.25) is 5.91 Å². The first-order chi connectivity index (χ1) is 9.54. The van der Waals surface area contributed by atoms with Crippen molar-refractivity contribution >= 4 is 35.2 Å². The summed E-state index contributed by atoms with van der Waals surface area (Å²) in [4.78, 5) is 10.6. The van der Waals surface area contributed by atoms with Gasteiger partial charge in [-0.15, -0.1) is 0 Å². The third-order valence-electron chi connectivity index (χ3n) is 2.37. The van der Waals surface area contributed by atoms with Crippen LogP contribution in [0.4, 0.5) is 0 Å². The molecule has 1 aromatic carbocycles. The predicted molar refractivity (Wildman–Crippen MR) is 77.7 cm³/mol. The normalized spacial score (nSPS) is 10.9. The number of amides is 1. The highest BCUT2D eigenvalue weighted by Crippen LogP contribution is 2.26. The largest absolute Gasteiger partial charge is 0.486 e. The van der Waals surface area contributed by atoms with Crippen LogP contribution >= 0.6 is 23.2 Å². The van der Waals surface area contributed by atoms with E-state index in [1.54, 1.807) is 30.3 Å². The van der Waals surface area contributed by atoms with E-state index in [9.17, 15) is 4.79 Å². The van der Waals surface area contributed by atoms with Crippen LogP contribution in [0.3, 0.4) is 0 Å². The number of benzene rings is 1. The SMILES string of the molecule is NC(=O)/C=C/c1ccc(COc2ccc(Cl)c(Cl)c2)o1. The third-order valence-corrected chi connectivity index (χ3v) is 3.11. The van der Waals surface area contributed by atoms with Gasteiger partial charge in [-0.1, -0.05) is 23.2 Å². The molecule has 6 heteroatoms. The van der Waals surface area contributed by atoms with Gasteiger partial charge >= 0.3 is 0 Å². The van der Waals surface area contributed by atoms with Gasteiger partial charge in [-0.25, -0.2) is 0 Å². The molecule has 0 bridgehead atoms. The number of hydrogen-bond acceptors (Lipinski definition) is 3. The molecule has 0 radical (unpaired) electrons. The van der Waals surface area contributed by atoms with Gasteiger partial charge in [0, 0.05) is 12.1 Å². The van der Waals surface area contributed by atoms with E-state index in [0.717, 1.165) is 0 Å². The summed E-state index contributed by atoms with van der Waals surface area (Å²) in [7, 11) is 0. The van der Waals surface area contributed by atoms with E-state index >= 15 is 0 Å². The van der Waals surface area contributed by atoms with Crippen molar-refractivity contribution in [2.24, 2.45) is 5.73 Å². The average Bonchev–Trinajstić information content (AvgIpc) is 2.86.